The smallest absolute Gasteiger partial charge is 0.328 e. The van der Waals surface area contributed by atoms with E-state index in [1.165, 1.54) is 0 Å². The van der Waals surface area contributed by atoms with Crippen molar-refractivity contribution < 1.29 is 43.8 Å². The number of carbonyl (C=O) groups excluding carboxylic acids is 6. The van der Waals surface area contributed by atoms with Crippen LogP contribution in [0.15, 0.2) is 0 Å². The molecule has 288 valence electrons. The number of amides is 6. The van der Waals surface area contributed by atoms with Crippen LogP contribution < -0.4 is 49.5 Å². The Morgan fingerprint density at radius 1 is 0.560 bits per heavy atom. The lowest BCUT2D eigenvalue weighted by atomic mass is 10.00. The molecule has 50 heavy (non-hydrogen) atoms. The van der Waals surface area contributed by atoms with E-state index in [2.05, 4.69) is 26.6 Å². The number of carboxylic acid groups (broad SMARTS) is 1. The third-order valence-electron chi connectivity index (χ3n) is 7.68. The summed E-state index contributed by atoms with van der Waals surface area (Å²) in [5.74, 6) is -6.10. The van der Waals surface area contributed by atoms with Crippen LogP contribution in [0, 0.1) is 11.8 Å². The molecule has 18 heteroatoms. The Hall–Kier alpha value is -3.87. The first-order chi connectivity index (χ1) is 23.5. The Morgan fingerprint density at radius 2 is 0.940 bits per heavy atom. The Labute approximate surface area is 294 Å². The van der Waals surface area contributed by atoms with Gasteiger partial charge in [0.05, 0.1) is 12.6 Å². The van der Waals surface area contributed by atoms with Gasteiger partial charge in [0.25, 0.3) is 0 Å². The normalized spacial score (nSPS) is 14.8. The molecule has 0 aromatic heterocycles. The number of hydrogen-bond acceptors (Lipinski definition) is 11. The number of aliphatic hydroxyl groups is 1. The van der Waals surface area contributed by atoms with Gasteiger partial charge in [0, 0.05) is 6.42 Å². The van der Waals surface area contributed by atoms with Gasteiger partial charge in [0.2, 0.25) is 35.4 Å². The van der Waals surface area contributed by atoms with Gasteiger partial charge in [-0.2, -0.15) is 0 Å². The molecule has 0 aromatic carbocycles. The first-order valence-corrected chi connectivity index (χ1v) is 17.3. The maximum Gasteiger partial charge on any atom is 0.328 e. The average molecular weight is 716 g/mol. The van der Waals surface area contributed by atoms with E-state index >= 15 is 0 Å². The summed E-state index contributed by atoms with van der Waals surface area (Å²) in [5, 5.41) is 31.2. The van der Waals surface area contributed by atoms with Crippen LogP contribution in [-0.4, -0.2) is 108 Å². The average Bonchev–Trinajstić information content (AvgIpc) is 3.03. The molecule has 0 bridgehead atoms. The number of carbonyl (C=O) groups is 7. The minimum atomic E-state index is -1.62. The van der Waals surface area contributed by atoms with Crippen molar-refractivity contribution in [2.75, 3.05) is 19.7 Å². The van der Waals surface area contributed by atoms with Crippen LogP contribution in [0.2, 0.25) is 0 Å². The molecule has 0 spiro atoms. The lowest BCUT2D eigenvalue weighted by Crippen LogP contribution is -2.59. The minimum Gasteiger partial charge on any atom is -0.480 e. The van der Waals surface area contributed by atoms with Gasteiger partial charge in [0.15, 0.2) is 0 Å². The number of carboxylic acids is 1. The Balaban J connectivity index is 6.16. The van der Waals surface area contributed by atoms with Crippen LogP contribution in [0.3, 0.4) is 0 Å². The van der Waals surface area contributed by atoms with E-state index < -0.39 is 84.3 Å². The molecule has 0 radical (unpaired) electrons. The van der Waals surface area contributed by atoms with Crippen molar-refractivity contribution in [1.82, 2.24) is 26.6 Å². The van der Waals surface area contributed by atoms with Crippen LogP contribution in [0.4, 0.5) is 0 Å². The van der Waals surface area contributed by atoms with Crippen molar-refractivity contribution in [2.24, 2.45) is 34.8 Å². The zero-order valence-corrected chi connectivity index (χ0v) is 29.9. The van der Waals surface area contributed by atoms with Gasteiger partial charge in [0.1, 0.15) is 30.2 Å². The molecular formula is C32H61N9O9. The number of primary amides is 1. The molecule has 0 aliphatic carbocycles. The number of aliphatic carboxylic acids is 1. The molecule has 0 heterocycles. The number of unbranched alkanes of at least 4 members (excludes halogenated alkanes) is 2. The molecule has 0 aliphatic heterocycles. The van der Waals surface area contributed by atoms with Crippen molar-refractivity contribution in [3.8, 4) is 0 Å². The first-order valence-electron chi connectivity index (χ1n) is 17.3. The molecule has 6 amide bonds. The van der Waals surface area contributed by atoms with Crippen molar-refractivity contribution in [3.63, 3.8) is 0 Å². The zero-order chi connectivity index (χ0) is 38.4. The van der Waals surface area contributed by atoms with Crippen LogP contribution in [-0.2, 0) is 33.6 Å². The van der Waals surface area contributed by atoms with Crippen LogP contribution in [0.5, 0.6) is 0 Å². The van der Waals surface area contributed by atoms with Gasteiger partial charge < -0.3 is 59.7 Å². The topological polar surface area (TPSA) is 324 Å². The standard InChI is InChI=1S/C32H61N9O9/c1-18(2)15-23(39-27(44)20(35)9-5-7-13-33)30(47)37-21(10-6-8-14-34)28(45)38-22(11-12-26(36)43)29(46)40-24(16-19(3)4)31(48)41-25(17-42)32(49)50/h18-25,42H,5-17,33-35H2,1-4H3,(H2,36,43)(H,37,47)(H,38,45)(H,39,44)(H,40,46)(H,41,48)(H,49,50)/t20-,21-,22-,23-,24-,25-/m0/s1. The van der Waals surface area contributed by atoms with E-state index in [0.29, 0.717) is 45.2 Å². The molecule has 0 saturated carbocycles. The second kappa shape index (κ2) is 25.1. The molecule has 0 saturated heterocycles. The number of aliphatic hydroxyl groups excluding tert-OH is 1. The van der Waals surface area contributed by atoms with E-state index in [1.807, 2.05) is 13.8 Å². The van der Waals surface area contributed by atoms with Crippen molar-refractivity contribution >= 4 is 41.4 Å². The second-order valence-corrected chi connectivity index (χ2v) is 13.3. The van der Waals surface area contributed by atoms with E-state index in [4.69, 9.17) is 22.9 Å². The molecule has 0 fully saturated rings. The molecule has 0 aromatic rings. The summed E-state index contributed by atoms with van der Waals surface area (Å²) >= 11 is 0. The highest BCUT2D eigenvalue weighted by Crippen LogP contribution is 2.11. The summed E-state index contributed by atoms with van der Waals surface area (Å²) in [6, 6.07) is -7.34. The summed E-state index contributed by atoms with van der Waals surface area (Å²) in [4.78, 5) is 89.5. The van der Waals surface area contributed by atoms with E-state index in [1.54, 1.807) is 13.8 Å². The predicted octanol–water partition coefficient (Wildman–Crippen LogP) is -2.57. The quantitative estimate of drug-likeness (QED) is 0.0391. The third kappa shape index (κ3) is 19.4. The highest BCUT2D eigenvalue weighted by Gasteiger charge is 2.33. The third-order valence-corrected chi connectivity index (χ3v) is 7.68. The van der Waals surface area contributed by atoms with Crippen molar-refractivity contribution in [1.29, 1.82) is 0 Å². The Kier molecular flexibility index (Phi) is 23.2. The number of rotatable bonds is 27. The molecule has 0 aliphatic rings. The first kappa shape index (κ1) is 46.1. The van der Waals surface area contributed by atoms with Crippen molar-refractivity contribution in [3.05, 3.63) is 0 Å². The van der Waals surface area contributed by atoms with Crippen LogP contribution in [0.1, 0.15) is 91.9 Å². The molecule has 0 unspecified atom stereocenters. The monoisotopic (exact) mass is 715 g/mol. The van der Waals surface area contributed by atoms with Gasteiger partial charge in [-0.1, -0.05) is 34.1 Å². The summed E-state index contributed by atoms with van der Waals surface area (Å²) in [6.07, 6.45) is 2.51. The van der Waals surface area contributed by atoms with Crippen molar-refractivity contribution in [2.45, 2.75) is 128 Å². The van der Waals surface area contributed by atoms with E-state index in [9.17, 15) is 43.8 Å². The summed E-state index contributed by atoms with van der Waals surface area (Å²) in [5.41, 5.74) is 22.5. The Morgan fingerprint density at radius 3 is 1.34 bits per heavy atom. The molecule has 0 rings (SSSR count). The fraction of sp³-hybridized carbons (Fsp3) is 0.781. The largest absolute Gasteiger partial charge is 0.480 e. The van der Waals surface area contributed by atoms with Crippen LogP contribution in [0.25, 0.3) is 0 Å². The molecular weight excluding hydrogens is 654 g/mol. The maximum atomic E-state index is 13.7. The van der Waals surface area contributed by atoms with Crippen LogP contribution >= 0.6 is 0 Å². The number of nitrogens with one attached hydrogen (secondary N) is 5. The fourth-order valence-corrected chi connectivity index (χ4v) is 4.92. The number of nitrogens with two attached hydrogens (primary N) is 4. The second-order valence-electron chi connectivity index (χ2n) is 13.3. The van der Waals surface area contributed by atoms with Gasteiger partial charge in [-0.05, 0) is 76.3 Å². The van der Waals surface area contributed by atoms with Gasteiger partial charge in [-0.15, -0.1) is 0 Å². The summed E-state index contributed by atoms with van der Waals surface area (Å²) in [6.45, 7) is 7.13. The molecule has 6 atom stereocenters. The van der Waals surface area contributed by atoms with Gasteiger partial charge in [-0.3, -0.25) is 28.8 Å². The summed E-state index contributed by atoms with van der Waals surface area (Å²) in [7, 11) is 0. The SMILES string of the molecule is CC(C)C[C@H](NC(=O)[C@H](CCC(N)=O)NC(=O)[C@H](CCCCN)NC(=O)[C@H](CC(C)C)NC(=O)[C@@H](N)CCCCN)C(=O)N[C@@H](CO)C(=O)O. The van der Waals surface area contributed by atoms with Gasteiger partial charge in [-0.25, -0.2) is 4.79 Å². The lowest BCUT2D eigenvalue weighted by molar-refractivity contribution is -0.143. The van der Waals surface area contributed by atoms with Gasteiger partial charge >= 0.3 is 5.97 Å². The molecule has 18 nitrogen and oxygen atoms in total. The highest BCUT2D eigenvalue weighted by atomic mass is 16.4. The zero-order valence-electron chi connectivity index (χ0n) is 29.9. The Bertz CT molecular complexity index is 1110. The highest BCUT2D eigenvalue weighted by molar-refractivity contribution is 5.96. The van der Waals surface area contributed by atoms with E-state index in [0.717, 1.165) is 0 Å². The molecule has 15 N–H and O–H groups in total. The fourth-order valence-electron chi connectivity index (χ4n) is 4.92. The minimum absolute atomic E-state index is 0.0231. The van der Waals surface area contributed by atoms with E-state index in [-0.39, 0.29) is 43.9 Å². The lowest BCUT2D eigenvalue weighted by Gasteiger charge is -2.28. The summed E-state index contributed by atoms with van der Waals surface area (Å²) < 4.78 is 0. The number of hydrogen-bond donors (Lipinski definition) is 11. The predicted molar refractivity (Wildman–Crippen MR) is 185 cm³/mol. The maximum absolute atomic E-state index is 13.7.